The highest BCUT2D eigenvalue weighted by Crippen LogP contribution is 2.32. The van der Waals surface area contributed by atoms with E-state index in [0.29, 0.717) is 11.6 Å². The number of hydrogen-bond acceptors (Lipinski definition) is 2. The Kier molecular flexibility index (Phi) is 3.07. The fourth-order valence-electron chi connectivity index (χ4n) is 2.14. The number of para-hydroxylation sites is 1. The molecular weight excluding hydrogens is 238 g/mol. The molecule has 0 bridgehead atoms. The maximum absolute atomic E-state index is 12.6. The van der Waals surface area contributed by atoms with Gasteiger partial charge in [0, 0.05) is 17.9 Å². The number of rotatable bonds is 4. The lowest BCUT2D eigenvalue weighted by molar-refractivity contribution is 0.0981. The number of amides is 1. The normalized spacial score (nSPS) is 14.4. The van der Waals surface area contributed by atoms with Gasteiger partial charge in [0.15, 0.2) is 5.69 Å². The van der Waals surface area contributed by atoms with Crippen LogP contribution in [0.25, 0.3) is 0 Å². The minimum Gasteiger partial charge on any atom is -0.307 e. The van der Waals surface area contributed by atoms with Crippen molar-refractivity contribution in [2.75, 3.05) is 11.4 Å². The van der Waals surface area contributed by atoms with E-state index < -0.39 is 0 Å². The topological polar surface area (TPSA) is 49.0 Å². The van der Waals surface area contributed by atoms with E-state index in [-0.39, 0.29) is 5.91 Å². The van der Waals surface area contributed by atoms with Crippen molar-refractivity contribution in [2.45, 2.75) is 19.8 Å². The molecule has 0 unspecified atom stereocenters. The second-order valence-corrected chi connectivity index (χ2v) is 5.13. The van der Waals surface area contributed by atoms with Crippen LogP contribution in [0.3, 0.4) is 0 Å². The van der Waals surface area contributed by atoms with Gasteiger partial charge in [-0.25, -0.2) is 0 Å². The molecule has 1 amide bonds. The summed E-state index contributed by atoms with van der Waals surface area (Å²) in [5.74, 6) is 0.617. The molecule has 1 aromatic heterocycles. The van der Waals surface area contributed by atoms with Gasteiger partial charge in [0.2, 0.25) is 0 Å². The molecule has 4 heteroatoms. The van der Waals surface area contributed by atoms with Crippen LogP contribution in [0.4, 0.5) is 5.69 Å². The highest BCUT2D eigenvalue weighted by Gasteiger charge is 2.29. The van der Waals surface area contributed by atoms with Crippen LogP contribution in [0.1, 0.15) is 29.0 Å². The van der Waals surface area contributed by atoms with E-state index >= 15 is 0 Å². The zero-order valence-corrected chi connectivity index (χ0v) is 11.0. The number of nitrogens with one attached hydrogen (secondary N) is 1. The lowest BCUT2D eigenvalue weighted by atomic mass is 10.2. The Bertz CT molecular complexity index is 572. The molecule has 2 aromatic rings. The van der Waals surface area contributed by atoms with Crippen LogP contribution in [-0.2, 0) is 0 Å². The number of benzene rings is 1. The molecular formula is C15H17N3O. The number of nitrogens with zero attached hydrogens (tertiary/aromatic N) is 2. The molecule has 1 aliphatic carbocycles. The summed E-state index contributed by atoms with van der Waals surface area (Å²) in [5.41, 5.74) is 2.34. The van der Waals surface area contributed by atoms with Gasteiger partial charge in [-0.3, -0.25) is 9.89 Å². The van der Waals surface area contributed by atoms with Crippen LogP contribution in [0.2, 0.25) is 0 Å². The quantitative estimate of drug-likeness (QED) is 0.913. The highest BCUT2D eigenvalue weighted by atomic mass is 16.2. The predicted molar refractivity (Wildman–Crippen MR) is 74.2 cm³/mol. The second kappa shape index (κ2) is 4.88. The third-order valence-corrected chi connectivity index (χ3v) is 3.38. The van der Waals surface area contributed by atoms with E-state index in [1.54, 1.807) is 6.07 Å². The van der Waals surface area contributed by atoms with Gasteiger partial charge < -0.3 is 4.90 Å². The molecule has 1 aliphatic rings. The van der Waals surface area contributed by atoms with Gasteiger partial charge in [0.1, 0.15) is 0 Å². The first kappa shape index (κ1) is 12.0. The monoisotopic (exact) mass is 255 g/mol. The van der Waals surface area contributed by atoms with E-state index in [9.17, 15) is 4.79 Å². The summed E-state index contributed by atoms with van der Waals surface area (Å²) in [6.45, 7) is 2.69. The lowest BCUT2D eigenvalue weighted by Crippen LogP contribution is -2.33. The average Bonchev–Trinajstić information content (AvgIpc) is 3.16. The Balaban J connectivity index is 1.88. The van der Waals surface area contributed by atoms with Crippen LogP contribution < -0.4 is 4.90 Å². The summed E-state index contributed by atoms with van der Waals surface area (Å²) < 4.78 is 0. The number of carbonyl (C=O) groups is 1. The summed E-state index contributed by atoms with van der Waals surface area (Å²) in [6.07, 6.45) is 2.44. The minimum absolute atomic E-state index is 0.0255. The summed E-state index contributed by atoms with van der Waals surface area (Å²) in [5, 5.41) is 6.90. The summed E-state index contributed by atoms with van der Waals surface area (Å²) in [6, 6.07) is 11.6. The number of carbonyl (C=O) groups excluding carboxylic acids is 1. The van der Waals surface area contributed by atoms with Gasteiger partial charge in [0.05, 0.1) is 0 Å². The van der Waals surface area contributed by atoms with E-state index in [0.717, 1.165) is 17.9 Å². The van der Waals surface area contributed by atoms with Crippen molar-refractivity contribution in [3.8, 4) is 0 Å². The zero-order chi connectivity index (χ0) is 13.2. The van der Waals surface area contributed by atoms with Crippen molar-refractivity contribution in [1.82, 2.24) is 10.2 Å². The maximum Gasteiger partial charge on any atom is 0.278 e. The molecule has 1 aromatic carbocycles. The third-order valence-electron chi connectivity index (χ3n) is 3.38. The van der Waals surface area contributed by atoms with Gasteiger partial charge >= 0.3 is 0 Å². The van der Waals surface area contributed by atoms with Gasteiger partial charge in [-0.05, 0) is 43.9 Å². The number of aromatic nitrogens is 2. The molecule has 19 heavy (non-hydrogen) atoms. The first-order valence-electron chi connectivity index (χ1n) is 6.63. The number of anilines is 1. The van der Waals surface area contributed by atoms with E-state index in [1.165, 1.54) is 12.8 Å². The summed E-state index contributed by atoms with van der Waals surface area (Å²) in [4.78, 5) is 14.4. The molecule has 0 saturated heterocycles. The molecule has 4 nitrogen and oxygen atoms in total. The molecule has 1 fully saturated rings. The predicted octanol–water partition coefficient (Wildman–Crippen LogP) is 2.77. The molecule has 0 spiro atoms. The van der Waals surface area contributed by atoms with Gasteiger partial charge in [-0.1, -0.05) is 18.2 Å². The molecule has 0 atom stereocenters. The Morgan fingerprint density at radius 3 is 2.68 bits per heavy atom. The van der Waals surface area contributed by atoms with Crippen molar-refractivity contribution in [1.29, 1.82) is 0 Å². The van der Waals surface area contributed by atoms with Gasteiger partial charge in [-0.15, -0.1) is 0 Å². The van der Waals surface area contributed by atoms with E-state index in [1.807, 2.05) is 42.2 Å². The Labute approximate surface area is 112 Å². The van der Waals surface area contributed by atoms with Crippen LogP contribution in [-0.4, -0.2) is 22.6 Å². The van der Waals surface area contributed by atoms with Crippen LogP contribution in [0.15, 0.2) is 36.4 Å². The van der Waals surface area contributed by atoms with E-state index in [4.69, 9.17) is 0 Å². The third kappa shape index (κ3) is 2.67. The Morgan fingerprint density at radius 2 is 2.11 bits per heavy atom. The first-order chi connectivity index (χ1) is 9.24. The molecule has 0 radical (unpaired) electrons. The fourth-order valence-corrected chi connectivity index (χ4v) is 2.14. The largest absolute Gasteiger partial charge is 0.307 e. The minimum atomic E-state index is -0.0255. The van der Waals surface area contributed by atoms with Crippen LogP contribution in [0, 0.1) is 12.8 Å². The molecule has 1 N–H and O–H groups in total. The molecule has 3 rings (SSSR count). The molecule has 98 valence electrons. The van der Waals surface area contributed by atoms with Crippen molar-refractivity contribution in [3.63, 3.8) is 0 Å². The average molecular weight is 255 g/mol. The number of hydrogen-bond donors (Lipinski definition) is 1. The van der Waals surface area contributed by atoms with Crippen LogP contribution >= 0.6 is 0 Å². The second-order valence-electron chi connectivity index (χ2n) is 5.13. The van der Waals surface area contributed by atoms with Crippen molar-refractivity contribution in [3.05, 3.63) is 47.8 Å². The lowest BCUT2D eigenvalue weighted by Gasteiger charge is -2.21. The van der Waals surface area contributed by atoms with Crippen molar-refractivity contribution >= 4 is 11.6 Å². The number of aromatic amines is 1. The van der Waals surface area contributed by atoms with Gasteiger partial charge in [0.25, 0.3) is 5.91 Å². The molecule has 1 heterocycles. The summed E-state index contributed by atoms with van der Waals surface area (Å²) >= 11 is 0. The number of aryl methyl sites for hydroxylation is 1. The SMILES string of the molecule is Cc1cc(C(=O)N(CC2CC2)c2ccccc2)n[nH]1. The molecule has 1 saturated carbocycles. The summed E-state index contributed by atoms with van der Waals surface area (Å²) in [7, 11) is 0. The Morgan fingerprint density at radius 1 is 1.37 bits per heavy atom. The fraction of sp³-hybridized carbons (Fsp3) is 0.333. The zero-order valence-electron chi connectivity index (χ0n) is 11.0. The molecule has 0 aliphatic heterocycles. The first-order valence-corrected chi connectivity index (χ1v) is 6.63. The van der Waals surface area contributed by atoms with Gasteiger partial charge in [-0.2, -0.15) is 5.10 Å². The van der Waals surface area contributed by atoms with Crippen molar-refractivity contribution in [2.24, 2.45) is 5.92 Å². The Hall–Kier alpha value is -2.10. The smallest absolute Gasteiger partial charge is 0.278 e. The van der Waals surface area contributed by atoms with Crippen LogP contribution in [0.5, 0.6) is 0 Å². The highest BCUT2D eigenvalue weighted by molar-refractivity contribution is 6.04. The van der Waals surface area contributed by atoms with Crippen molar-refractivity contribution < 1.29 is 4.79 Å². The number of H-pyrrole nitrogens is 1. The van der Waals surface area contributed by atoms with E-state index in [2.05, 4.69) is 10.2 Å². The maximum atomic E-state index is 12.6. The standard InChI is InChI=1S/C15H17N3O/c1-11-9-14(17-16-11)15(19)18(10-12-7-8-12)13-5-3-2-4-6-13/h2-6,9,12H,7-8,10H2,1H3,(H,16,17).